The molecule has 0 aliphatic heterocycles. The Morgan fingerprint density at radius 1 is 1.54 bits per heavy atom. The molecule has 0 radical (unpaired) electrons. The molecule has 1 aromatic heterocycles. The van der Waals surface area contributed by atoms with E-state index in [1.165, 1.54) is 7.11 Å². The smallest absolute Gasteiger partial charge is 0.283 e. The van der Waals surface area contributed by atoms with Crippen molar-refractivity contribution >= 4 is 22.6 Å². The molecule has 13 heavy (non-hydrogen) atoms. The van der Waals surface area contributed by atoms with E-state index in [9.17, 15) is 13.2 Å². The lowest BCUT2D eigenvalue weighted by Crippen LogP contribution is -2.00. The van der Waals surface area contributed by atoms with Crippen molar-refractivity contribution in [2.75, 3.05) is 7.11 Å². The maximum absolute atomic E-state index is 13.1. The predicted octanol–water partition coefficient (Wildman–Crippen LogP) is 2.77. The van der Waals surface area contributed by atoms with E-state index in [1.54, 1.807) is 22.6 Å². The molecular weight excluding hydrogens is 298 g/mol. The van der Waals surface area contributed by atoms with Gasteiger partial charge in [-0.1, -0.05) is 0 Å². The third-order valence-electron chi connectivity index (χ3n) is 1.37. The molecule has 0 aliphatic carbocycles. The Balaban J connectivity index is 3.27. The van der Waals surface area contributed by atoms with E-state index in [-0.39, 0.29) is 5.75 Å². The predicted molar refractivity (Wildman–Crippen MR) is 48.4 cm³/mol. The molecule has 0 saturated heterocycles. The molecule has 0 aliphatic rings. The van der Waals surface area contributed by atoms with Gasteiger partial charge in [0.05, 0.1) is 10.7 Å². The third-order valence-corrected chi connectivity index (χ3v) is 2.14. The normalized spacial score (nSPS) is 10.6. The van der Waals surface area contributed by atoms with Crippen molar-refractivity contribution in [3.63, 3.8) is 0 Å². The summed E-state index contributed by atoms with van der Waals surface area (Å²) in [5.74, 6) is -1.28. The Morgan fingerprint density at radius 3 is 2.62 bits per heavy atom. The molecule has 0 amide bonds. The number of aromatic nitrogens is 1. The lowest BCUT2D eigenvalue weighted by Gasteiger charge is -2.07. The fourth-order valence-electron chi connectivity index (χ4n) is 0.802. The zero-order chi connectivity index (χ0) is 10.0. The van der Waals surface area contributed by atoms with E-state index in [1.807, 2.05) is 0 Å². The third kappa shape index (κ3) is 2.04. The first-order valence-corrected chi connectivity index (χ1v) is 4.31. The van der Waals surface area contributed by atoms with Crippen LogP contribution in [0.15, 0.2) is 6.20 Å². The summed E-state index contributed by atoms with van der Waals surface area (Å²) < 4.78 is 42.3. The van der Waals surface area contributed by atoms with Crippen molar-refractivity contribution in [1.82, 2.24) is 4.98 Å². The van der Waals surface area contributed by atoms with Gasteiger partial charge in [0.25, 0.3) is 6.43 Å². The molecule has 72 valence electrons. The second kappa shape index (κ2) is 4.12. The minimum absolute atomic E-state index is 0.189. The van der Waals surface area contributed by atoms with Crippen LogP contribution < -0.4 is 4.74 Å². The average molecular weight is 303 g/mol. The molecule has 0 spiro atoms. The molecule has 1 rings (SSSR count). The van der Waals surface area contributed by atoms with Crippen LogP contribution in [0, 0.1) is 9.39 Å². The number of ether oxygens (including phenoxy) is 1. The summed E-state index contributed by atoms with van der Waals surface area (Å²) >= 11 is 1.75. The summed E-state index contributed by atoms with van der Waals surface area (Å²) in [7, 11) is 1.22. The molecule has 0 bridgehead atoms. The van der Waals surface area contributed by atoms with E-state index < -0.39 is 17.9 Å². The summed E-state index contributed by atoms with van der Waals surface area (Å²) in [4.78, 5) is 3.27. The summed E-state index contributed by atoms with van der Waals surface area (Å²) in [5.41, 5.74) is -0.878. The number of alkyl halides is 2. The fraction of sp³-hybridized carbons (Fsp3) is 0.286. The van der Waals surface area contributed by atoms with E-state index in [2.05, 4.69) is 9.72 Å². The number of hydrogen-bond acceptors (Lipinski definition) is 2. The van der Waals surface area contributed by atoms with Crippen molar-refractivity contribution < 1.29 is 17.9 Å². The van der Waals surface area contributed by atoms with Gasteiger partial charge in [0.15, 0.2) is 11.6 Å². The van der Waals surface area contributed by atoms with E-state index in [0.717, 1.165) is 6.20 Å². The highest BCUT2D eigenvalue weighted by Gasteiger charge is 2.20. The topological polar surface area (TPSA) is 22.1 Å². The zero-order valence-electron chi connectivity index (χ0n) is 6.52. The van der Waals surface area contributed by atoms with Gasteiger partial charge in [-0.05, 0) is 22.6 Å². The van der Waals surface area contributed by atoms with Crippen molar-refractivity contribution in [2.24, 2.45) is 0 Å². The molecule has 1 aromatic rings. The molecular formula is C7H5F3INO. The van der Waals surface area contributed by atoms with Crippen LogP contribution in [0.25, 0.3) is 0 Å². The highest BCUT2D eigenvalue weighted by atomic mass is 127. The lowest BCUT2D eigenvalue weighted by molar-refractivity contribution is 0.139. The van der Waals surface area contributed by atoms with Gasteiger partial charge in [-0.2, -0.15) is 0 Å². The zero-order valence-corrected chi connectivity index (χ0v) is 8.68. The van der Waals surface area contributed by atoms with Gasteiger partial charge in [-0.3, -0.25) is 4.98 Å². The molecule has 0 atom stereocenters. The molecule has 0 unspecified atom stereocenters. The van der Waals surface area contributed by atoms with Gasteiger partial charge >= 0.3 is 0 Å². The maximum atomic E-state index is 13.1. The van der Waals surface area contributed by atoms with E-state index in [0.29, 0.717) is 3.57 Å². The van der Waals surface area contributed by atoms with Crippen LogP contribution >= 0.6 is 22.6 Å². The quantitative estimate of drug-likeness (QED) is 0.784. The Kier molecular flexibility index (Phi) is 3.34. The molecule has 2 nitrogen and oxygen atoms in total. The Bertz CT molecular complexity index is 319. The van der Waals surface area contributed by atoms with Crippen molar-refractivity contribution in [3.8, 4) is 5.75 Å². The number of pyridine rings is 1. The van der Waals surface area contributed by atoms with Crippen molar-refractivity contribution in [2.45, 2.75) is 6.43 Å². The van der Waals surface area contributed by atoms with Gasteiger partial charge in [0.2, 0.25) is 0 Å². The summed E-state index contributed by atoms with van der Waals surface area (Å²) in [6, 6.07) is 0. The molecule has 6 heteroatoms. The van der Waals surface area contributed by atoms with Crippen LogP contribution in [-0.2, 0) is 0 Å². The van der Waals surface area contributed by atoms with Crippen LogP contribution in [0.1, 0.15) is 12.1 Å². The monoisotopic (exact) mass is 303 g/mol. The van der Waals surface area contributed by atoms with Gasteiger partial charge < -0.3 is 4.74 Å². The second-order valence-electron chi connectivity index (χ2n) is 2.14. The van der Waals surface area contributed by atoms with Gasteiger partial charge in [-0.25, -0.2) is 13.2 Å². The standard InChI is InChI=1S/C7H5F3INO/c1-13-6-3(11)2-12-5(4(6)8)7(9)10/h2,7H,1H3. The number of halogens is 4. The summed E-state index contributed by atoms with van der Waals surface area (Å²) in [6.07, 6.45) is -1.78. The Labute approximate surface area is 86.3 Å². The minimum Gasteiger partial charge on any atom is -0.492 e. The van der Waals surface area contributed by atoms with Gasteiger partial charge in [-0.15, -0.1) is 0 Å². The minimum atomic E-state index is -2.93. The van der Waals surface area contributed by atoms with E-state index in [4.69, 9.17) is 0 Å². The summed E-state index contributed by atoms with van der Waals surface area (Å²) in [5, 5.41) is 0. The lowest BCUT2D eigenvalue weighted by atomic mass is 10.3. The second-order valence-corrected chi connectivity index (χ2v) is 3.30. The van der Waals surface area contributed by atoms with Crippen molar-refractivity contribution in [1.29, 1.82) is 0 Å². The number of hydrogen-bond donors (Lipinski definition) is 0. The Hall–Kier alpha value is -0.530. The summed E-state index contributed by atoms with van der Waals surface area (Å²) in [6.45, 7) is 0. The first kappa shape index (κ1) is 10.6. The average Bonchev–Trinajstić information content (AvgIpc) is 2.04. The van der Waals surface area contributed by atoms with Crippen molar-refractivity contribution in [3.05, 3.63) is 21.3 Å². The van der Waals surface area contributed by atoms with Gasteiger partial charge in [0, 0.05) is 6.20 Å². The number of nitrogens with zero attached hydrogens (tertiary/aromatic N) is 1. The first-order valence-electron chi connectivity index (χ1n) is 3.24. The maximum Gasteiger partial charge on any atom is 0.283 e. The number of methoxy groups -OCH3 is 1. The molecule has 1 heterocycles. The molecule has 0 N–H and O–H groups in total. The van der Waals surface area contributed by atoms with Crippen LogP contribution in [0.3, 0.4) is 0 Å². The Morgan fingerprint density at radius 2 is 2.15 bits per heavy atom. The highest BCUT2D eigenvalue weighted by Crippen LogP contribution is 2.29. The van der Waals surface area contributed by atoms with Crippen LogP contribution in [-0.4, -0.2) is 12.1 Å². The van der Waals surface area contributed by atoms with E-state index >= 15 is 0 Å². The number of rotatable bonds is 2. The van der Waals surface area contributed by atoms with Crippen LogP contribution in [0.2, 0.25) is 0 Å². The van der Waals surface area contributed by atoms with Crippen LogP contribution in [0.4, 0.5) is 13.2 Å². The largest absolute Gasteiger partial charge is 0.492 e. The molecule has 0 saturated carbocycles. The SMILES string of the molecule is COc1c(I)cnc(C(F)F)c1F. The molecule has 0 aromatic carbocycles. The van der Waals surface area contributed by atoms with Crippen LogP contribution in [0.5, 0.6) is 5.75 Å². The van der Waals surface area contributed by atoms with Gasteiger partial charge in [0.1, 0.15) is 5.69 Å². The fourth-order valence-corrected chi connectivity index (χ4v) is 1.40. The molecule has 0 fully saturated rings. The first-order chi connectivity index (χ1) is 6.07. The highest BCUT2D eigenvalue weighted by molar-refractivity contribution is 14.1.